The number of hydrogen-bond donors (Lipinski definition) is 1. The first kappa shape index (κ1) is 25.8. The predicted molar refractivity (Wildman–Crippen MR) is 101 cm³/mol. The molecule has 1 N–H and O–H groups in total. The van der Waals surface area contributed by atoms with E-state index in [9.17, 15) is 0 Å². The van der Waals surface area contributed by atoms with E-state index in [0.717, 1.165) is 17.6 Å². The molecule has 0 radical (unpaired) electrons. The molecular weight excluding hydrogens is 531 g/mol. The molecule has 3 nitrogen and oxygen atoms in total. The summed E-state index contributed by atoms with van der Waals surface area (Å²) in [4.78, 5) is 2.24. The van der Waals surface area contributed by atoms with Gasteiger partial charge >= 0.3 is 0 Å². The molecule has 0 aliphatic rings. The third-order valence-electron chi connectivity index (χ3n) is 2.12. The van der Waals surface area contributed by atoms with Gasteiger partial charge in [0.05, 0.1) is 27.2 Å². The first-order chi connectivity index (χ1) is 5.48. The fraction of sp³-hybridized carbons (Fsp3) is 1.00. The van der Waals surface area contributed by atoms with Crippen molar-refractivity contribution in [3.63, 3.8) is 0 Å². The van der Waals surface area contributed by atoms with E-state index in [1.54, 1.807) is 0 Å². The molecule has 0 saturated carbocycles. The van der Waals surface area contributed by atoms with Crippen molar-refractivity contribution in [1.82, 2.24) is 10.2 Å². The predicted octanol–water partition coefficient (Wildman–Crippen LogP) is 1.70. The SMILES string of the molecule is CNCC[N+](C)(C)CCN(C)C.I.I.I. The standard InChI is InChI=1S/C9H24N3.3HI/c1-10-6-8-12(4,5)9-7-11(2)3;;;/h10H,6-9H2,1-5H3;3*1H/q+1;;;. The van der Waals surface area contributed by atoms with Crippen LogP contribution in [0.2, 0.25) is 0 Å². The lowest BCUT2D eigenvalue weighted by Gasteiger charge is -2.30. The van der Waals surface area contributed by atoms with Crippen LogP contribution in [0, 0.1) is 0 Å². The molecule has 0 bridgehead atoms. The van der Waals surface area contributed by atoms with Crippen LogP contribution in [-0.4, -0.2) is 70.8 Å². The van der Waals surface area contributed by atoms with E-state index in [4.69, 9.17) is 0 Å². The zero-order chi connectivity index (χ0) is 9.61. The third-order valence-corrected chi connectivity index (χ3v) is 2.12. The second kappa shape index (κ2) is 14.1. The maximum atomic E-state index is 3.18. The van der Waals surface area contributed by atoms with Gasteiger partial charge in [0, 0.05) is 13.1 Å². The van der Waals surface area contributed by atoms with Crippen LogP contribution in [0.4, 0.5) is 0 Å². The van der Waals surface area contributed by atoms with Gasteiger partial charge in [-0.3, -0.25) is 0 Å². The van der Waals surface area contributed by atoms with Crippen molar-refractivity contribution in [3.05, 3.63) is 0 Å². The molecule has 0 aliphatic carbocycles. The van der Waals surface area contributed by atoms with Gasteiger partial charge < -0.3 is 14.7 Å². The summed E-state index contributed by atoms with van der Waals surface area (Å²) in [7, 11) is 10.8. The van der Waals surface area contributed by atoms with Gasteiger partial charge in [-0.2, -0.15) is 0 Å². The molecule has 0 aromatic heterocycles. The van der Waals surface area contributed by atoms with Gasteiger partial charge in [-0.1, -0.05) is 0 Å². The highest BCUT2D eigenvalue weighted by atomic mass is 127. The number of quaternary nitrogens is 1. The van der Waals surface area contributed by atoms with E-state index < -0.39 is 0 Å². The molecule has 0 amide bonds. The van der Waals surface area contributed by atoms with Gasteiger partial charge in [-0.05, 0) is 21.1 Å². The summed E-state index contributed by atoms with van der Waals surface area (Å²) in [5.74, 6) is 0. The van der Waals surface area contributed by atoms with Crippen LogP contribution >= 0.6 is 71.9 Å². The van der Waals surface area contributed by atoms with Gasteiger partial charge in [0.2, 0.25) is 0 Å². The first-order valence-electron chi connectivity index (χ1n) is 4.59. The number of likely N-dealkylation sites (N-methyl/N-ethyl adjacent to an activating group) is 3. The lowest BCUT2D eigenvalue weighted by Crippen LogP contribution is -2.47. The van der Waals surface area contributed by atoms with E-state index >= 15 is 0 Å². The largest absolute Gasteiger partial charge is 0.326 e. The smallest absolute Gasteiger partial charge is 0.0911 e. The molecule has 0 rings (SSSR count). The molecule has 0 aromatic carbocycles. The van der Waals surface area contributed by atoms with Gasteiger partial charge in [0.25, 0.3) is 0 Å². The Morgan fingerprint density at radius 3 is 1.80 bits per heavy atom. The van der Waals surface area contributed by atoms with Crippen molar-refractivity contribution in [2.75, 3.05) is 61.4 Å². The molecular formula is C9H27I3N3+. The number of hydrogen-bond acceptors (Lipinski definition) is 2. The summed E-state index contributed by atoms with van der Waals surface area (Å²) < 4.78 is 1.10. The van der Waals surface area contributed by atoms with Crippen LogP contribution in [0.3, 0.4) is 0 Å². The van der Waals surface area contributed by atoms with E-state index in [1.165, 1.54) is 13.1 Å². The van der Waals surface area contributed by atoms with E-state index in [2.05, 4.69) is 38.4 Å². The zero-order valence-corrected chi connectivity index (χ0v) is 17.4. The highest BCUT2D eigenvalue weighted by molar-refractivity contribution is 14.0. The second-order valence-corrected chi connectivity index (χ2v) is 4.29. The summed E-state index contributed by atoms with van der Waals surface area (Å²) in [6, 6.07) is 0. The number of rotatable bonds is 6. The topological polar surface area (TPSA) is 15.3 Å². The van der Waals surface area contributed by atoms with Crippen LogP contribution in [0.1, 0.15) is 0 Å². The average Bonchev–Trinajstić information content (AvgIpc) is 1.98. The number of nitrogens with zero attached hydrogens (tertiary/aromatic N) is 2. The maximum absolute atomic E-state index is 3.18. The molecule has 0 aliphatic heterocycles. The summed E-state index contributed by atoms with van der Waals surface area (Å²) in [6.07, 6.45) is 0. The Morgan fingerprint density at radius 1 is 1.00 bits per heavy atom. The molecule has 6 heteroatoms. The molecule has 0 spiro atoms. The minimum Gasteiger partial charge on any atom is -0.326 e. The highest BCUT2D eigenvalue weighted by Gasteiger charge is 2.13. The Kier molecular flexibility index (Phi) is 24.3. The maximum Gasteiger partial charge on any atom is 0.0911 e. The second-order valence-electron chi connectivity index (χ2n) is 4.29. The fourth-order valence-electron chi connectivity index (χ4n) is 0.997. The first-order valence-corrected chi connectivity index (χ1v) is 4.59. The van der Waals surface area contributed by atoms with Crippen LogP contribution in [0.25, 0.3) is 0 Å². The molecule has 15 heavy (non-hydrogen) atoms. The summed E-state index contributed by atoms with van der Waals surface area (Å²) in [6.45, 7) is 4.68. The van der Waals surface area contributed by atoms with Crippen molar-refractivity contribution >= 4 is 71.9 Å². The number of halogens is 3. The van der Waals surface area contributed by atoms with Gasteiger partial charge in [-0.15, -0.1) is 71.9 Å². The Labute approximate surface area is 146 Å². The van der Waals surface area contributed by atoms with Gasteiger partial charge in [0.15, 0.2) is 0 Å². The molecule has 0 atom stereocenters. The van der Waals surface area contributed by atoms with E-state index in [0.29, 0.717) is 0 Å². The Bertz CT molecular complexity index is 121. The molecule has 0 unspecified atom stereocenters. The van der Waals surface area contributed by atoms with Crippen molar-refractivity contribution in [2.24, 2.45) is 0 Å². The Morgan fingerprint density at radius 2 is 1.47 bits per heavy atom. The molecule has 98 valence electrons. The van der Waals surface area contributed by atoms with Crippen LogP contribution in [0.5, 0.6) is 0 Å². The minimum atomic E-state index is 0. The van der Waals surface area contributed by atoms with E-state index in [1.807, 2.05) is 7.05 Å². The molecule has 0 aromatic rings. The Balaban J connectivity index is -0.000000202. The summed E-state index contributed by atoms with van der Waals surface area (Å²) in [5.41, 5.74) is 0. The molecule has 0 fully saturated rings. The molecule has 0 heterocycles. The van der Waals surface area contributed by atoms with Crippen molar-refractivity contribution < 1.29 is 4.48 Å². The van der Waals surface area contributed by atoms with Crippen LogP contribution < -0.4 is 5.32 Å². The van der Waals surface area contributed by atoms with Crippen molar-refractivity contribution in [2.45, 2.75) is 0 Å². The zero-order valence-electron chi connectivity index (χ0n) is 10.4. The lowest BCUT2D eigenvalue weighted by molar-refractivity contribution is -0.888. The van der Waals surface area contributed by atoms with Crippen LogP contribution in [0.15, 0.2) is 0 Å². The van der Waals surface area contributed by atoms with Crippen molar-refractivity contribution in [1.29, 1.82) is 0 Å². The van der Waals surface area contributed by atoms with Crippen molar-refractivity contribution in [3.8, 4) is 0 Å². The average molecular weight is 558 g/mol. The number of nitrogens with one attached hydrogen (secondary N) is 1. The quantitative estimate of drug-likeness (QED) is 0.395. The van der Waals surface area contributed by atoms with Crippen LogP contribution in [-0.2, 0) is 0 Å². The monoisotopic (exact) mass is 558 g/mol. The summed E-state index contributed by atoms with van der Waals surface area (Å²) in [5, 5.41) is 3.18. The normalized spacial score (nSPS) is 10.0. The lowest BCUT2D eigenvalue weighted by atomic mass is 10.4. The van der Waals surface area contributed by atoms with E-state index in [-0.39, 0.29) is 71.9 Å². The summed E-state index contributed by atoms with van der Waals surface area (Å²) >= 11 is 0. The third kappa shape index (κ3) is 18.6. The minimum absolute atomic E-state index is 0. The fourth-order valence-corrected chi connectivity index (χ4v) is 0.997. The Hall–Kier alpha value is 2.07. The highest BCUT2D eigenvalue weighted by Crippen LogP contribution is 1.95. The molecule has 0 saturated heterocycles. The van der Waals surface area contributed by atoms with Gasteiger partial charge in [-0.25, -0.2) is 0 Å². The van der Waals surface area contributed by atoms with Gasteiger partial charge in [0.1, 0.15) is 0 Å².